The third kappa shape index (κ3) is 4.31. The van der Waals surface area contributed by atoms with Crippen LogP contribution in [0.15, 0.2) is 0 Å². The Morgan fingerprint density at radius 1 is 1.44 bits per heavy atom. The first kappa shape index (κ1) is 17.5. The summed E-state index contributed by atoms with van der Waals surface area (Å²) in [4.78, 5) is 12.4. The lowest BCUT2D eigenvalue weighted by molar-refractivity contribution is -0.188. The van der Waals surface area contributed by atoms with E-state index in [0.29, 0.717) is 6.54 Å². The Kier molecular flexibility index (Phi) is 6.43. The Morgan fingerprint density at radius 3 is 2.33 bits per heavy atom. The lowest BCUT2D eigenvalue weighted by Gasteiger charge is -2.20. The second kappa shape index (κ2) is 6.61. The van der Waals surface area contributed by atoms with Crippen molar-refractivity contribution in [2.24, 2.45) is 17.8 Å². The molecule has 7 heteroatoms. The van der Waals surface area contributed by atoms with Crippen molar-refractivity contribution in [3.8, 4) is 0 Å². The molecule has 3 atom stereocenters. The zero-order chi connectivity index (χ0) is 13.2. The van der Waals surface area contributed by atoms with Gasteiger partial charge in [0.15, 0.2) is 0 Å². The van der Waals surface area contributed by atoms with Gasteiger partial charge in [-0.2, -0.15) is 13.2 Å². The second-order valence-electron chi connectivity index (χ2n) is 4.82. The van der Waals surface area contributed by atoms with Gasteiger partial charge in [-0.3, -0.25) is 4.79 Å². The number of carboxylic acids is 1. The molecule has 1 N–H and O–H groups in total. The predicted octanol–water partition coefficient (Wildman–Crippen LogP) is 2.65. The Hall–Kier alpha value is -0.490. The molecular formula is C11H19ClF3NO2. The van der Waals surface area contributed by atoms with Gasteiger partial charge in [0, 0.05) is 19.6 Å². The Labute approximate surface area is 111 Å². The number of alkyl halides is 3. The van der Waals surface area contributed by atoms with Gasteiger partial charge in [-0.1, -0.05) is 20.3 Å². The van der Waals surface area contributed by atoms with E-state index in [0.717, 1.165) is 6.42 Å². The number of aliphatic carboxylic acids is 1. The van der Waals surface area contributed by atoms with E-state index in [1.807, 2.05) is 13.8 Å². The highest BCUT2D eigenvalue weighted by atomic mass is 35.5. The van der Waals surface area contributed by atoms with E-state index in [1.165, 1.54) is 0 Å². The van der Waals surface area contributed by atoms with Crippen LogP contribution in [0.5, 0.6) is 0 Å². The summed E-state index contributed by atoms with van der Waals surface area (Å²) < 4.78 is 38.0. The van der Waals surface area contributed by atoms with Gasteiger partial charge >= 0.3 is 12.1 Å². The number of hydrogen-bond acceptors (Lipinski definition) is 2. The topological polar surface area (TPSA) is 40.5 Å². The second-order valence-corrected chi connectivity index (χ2v) is 4.82. The molecule has 1 aliphatic rings. The van der Waals surface area contributed by atoms with Crippen LogP contribution in [0.1, 0.15) is 20.3 Å². The highest BCUT2D eigenvalue weighted by Gasteiger charge is 2.52. The quantitative estimate of drug-likeness (QED) is 0.865. The van der Waals surface area contributed by atoms with E-state index < -0.39 is 24.0 Å². The number of carboxylic acid groups (broad SMARTS) is 1. The van der Waals surface area contributed by atoms with Crippen molar-refractivity contribution in [2.45, 2.75) is 26.4 Å². The van der Waals surface area contributed by atoms with Crippen molar-refractivity contribution in [1.29, 1.82) is 0 Å². The maximum absolute atomic E-state index is 12.7. The number of rotatable bonds is 4. The predicted molar refractivity (Wildman–Crippen MR) is 63.8 cm³/mol. The van der Waals surface area contributed by atoms with Crippen LogP contribution in [0.4, 0.5) is 13.2 Å². The summed E-state index contributed by atoms with van der Waals surface area (Å²) in [6.07, 6.45) is -3.54. The zero-order valence-electron chi connectivity index (χ0n) is 10.4. The van der Waals surface area contributed by atoms with Crippen LogP contribution in [-0.2, 0) is 4.79 Å². The van der Waals surface area contributed by atoms with Gasteiger partial charge < -0.3 is 10.0 Å². The summed E-state index contributed by atoms with van der Waals surface area (Å²) in [5.74, 6) is -4.11. The van der Waals surface area contributed by atoms with Gasteiger partial charge in [0.05, 0.1) is 11.8 Å². The number of likely N-dealkylation sites (tertiary alicyclic amines) is 1. The standard InChI is InChI=1S/C11H18F3NO2.ClH/c1-3-7(2)4-15-5-8(10(16)17)9(6-15)11(12,13)14;/h7-9H,3-6H2,1-2H3,(H,16,17);1H/t7?,8-,9-;/m1./s1. The van der Waals surface area contributed by atoms with Gasteiger partial charge in [-0.25, -0.2) is 0 Å². The van der Waals surface area contributed by atoms with Gasteiger partial charge in [-0.05, 0) is 5.92 Å². The first-order chi connectivity index (χ1) is 7.75. The third-order valence-corrected chi connectivity index (χ3v) is 3.40. The van der Waals surface area contributed by atoms with Crippen molar-refractivity contribution in [3.05, 3.63) is 0 Å². The molecular weight excluding hydrogens is 271 g/mol. The molecule has 0 aromatic rings. The fourth-order valence-corrected chi connectivity index (χ4v) is 2.19. The summed E-state index contributed by atoms with van der Waals surface area (Å²) in [6, 6.07) is 0. The van der Waals surface area contributed by atoms with Crippen molar-refractivity contribution in [2.75, 3.05) is 19.6 Å². The monoisotopic (exact) mass is 289 g/mol. The average Bonchev–Trinajstić information content (AvgIpc) is 2.61. The molecule has 1 aliphatic heterocycles. The molecule has 18 heavy (non-hydrogen) atoms. The van der Waals surface area contributed by atoms with Crippen molar-refractivity contribution in [1.82, 2.24) is 4.90 Å². The minimum absolute atomic E-state index is 0. The summed E-state index contributed by atoms with van der Waals surface area (Å²) in [5, 5.41) is 8.83. The molecule has 0 amide bonds. The molecule has 0 spiro atoms. The summed E-state index contributed by atoms with van der Waals surface area (Å²) in [6.45, 7) is 4.27. The molecule has 1 rings (SSSR count). The summed E-state index contributed by atoms with van der Waals surface area (Å²) >= 11 is 0. The molecule has 3 nitrogen and oxygen atoms in total. The largest absolute Gasteiger partial charge is 0.481 e. The maximum atomic E-state index is 12.7. The summed E-state index contributed by atoms with van der Waals surface area (Å²) in [5.41, 5.74) is 0. The number of carbonyl (C=O) groups is 1. The fraction of sp³-hybridized carbons (Fsp3) is 0.909. The molecule has 0 aromatic carbocycles. The van der Waals surface area contributed by atoms with Gasteiger partial charge in [-0.15, -0.1) is 12.4 Å². The minimum atomic E-state index is -4.42. The number of hydrogen-bond donors (Lipinski definition) is 1. The SMILES string of the molecule is CCC(C)CN1C[C@@H](C(F)(F)F)[C@H](C(=O)O)C1.Cl. The third-order valence-electron chi connectivity index (χ3n) is 3.40. The maximum Gasteiger partial charge on any atom is 0.393 e. The normalized spacial score (nSPS) is 26.7. The van der Waals surface area contributed by atoms with Crippen LogP contribution in [0.3, 0.4) is 0 Å². The van der Waals surface area contributed by atoms with Crippen LogP contribution in [0.2, 0.25) is 0 Å². The van der Waals surface area contributed by atoms with Crippen LogP contribution in [0, 0.1) is 17.8 Å². The van der Waals surface area contributed by atoms with Crippen LogP contribution >= 0.6 is 12.4 Å². The van der Waals surface area contributed by atoms with Crippen molar-refractivity contribution >= 4 is 18.4 Å². The number of halogens is 4. The molecule has 1 unspecified atom stereocenters. The Balaban J connectivity index is 0.00000289. The highest BCUT2D eigenvalue weighted by molar-refractivity contribution is 5.85. The van der Waals surface area contributed by atoms with E-state index in [4.69, 9.17) is 5.11 Å². The molecule has 0 saturated carbocycles. The summed E-state index contributed by atoms with van der Waals surface area (Å²) in [7, 11) is 0. The van der Waals surface area contributed by atoms with E-state index in [2.05, 4.69) is 0 Å². The molecule has 0 aliphatic carbocycles. The smallest absolute Gasteiger partial charge is 0.393 e. The Morgan fingerprint density at radius 2 is 2.00 bits per heavy atom. The average molecular weight is 290 g/mol. The highest BCUT2D eigenvalue weighted by Crippen LogP contribution is 2.37. The van der Waals surface area contributed by atoms with E-state index >= 15 is 0 Å². The van der Waals surface area contributed by atoms with E-state index in [-0.39, 0.29) is 31.4 Å². The molecule has 108 valence electrons. The van der Waals surface area contributed by atoms with Crippen molar-refractivity contribution < 1.29 is 23.1 Å². The van der Waals surface area contributed by atoms with Gasteiger partial charge in [0.2, 0.25) is 0 Å². The Bertz CT molecular complexity index is 286. The van der Waals surface area contributed by atoms with Crippen LogP contribution in [0.25, 0.3) is 0 Å². The first-order valence-corrected chi connectivity index (χ1v) is 5.77. The van der Waals surface area contributed by atoms with Crippen LogP contribution in [-0.4, -0.2) is 41.8 Å². The lowest BCUT2D eigenvalue weighted by Crippen LogP contribution is -2.33. The molecule has 1 fully saturated rings. The van der Waals surface area contributed by atoms with E-state index in [9.17, 15) is 18.0 Å². The molecule has 1 heterocycles. The molecule has 0 radical (unpaired) electrons. The van der Waals surface area contributed by atoms with E-state index in [1.54, 1.807) is 4.90 Å². The first-order valence-electron chi connectivity index (χ1n) is 5.77. The molecule has 1 saturated heterocycles. The molecule has 0 aromatic heterocycles. The van der Waals surface area contributed by atoms with Gasteiger partial charge in [0.25, 0.3) is 0 Å². The zero-order valence-corrected chi connectivity index (χ0v) is 11.2. The fourth-order valence-electron chi connectivity index (χ4n) is 2.19. The lowest BCUT2D eigenvalue weighted by atomic mass is 9.96. The number of nitrogens with zero attached hydrogens (tertiary/aromatic N) is 1. The van der Waals surface area contributed by atoms with Gasteiger partial charge in [0.1, 0.15) is 0 Å². The minimum Gasteiger partial charge on any atom is -0.481 e. The molecule has 0 bridgehead atoms. The van der Waals surface area contributed by atoms with Crippen LogP contribution < -0.4 is 0 Å². The van der Waals surface area contributed by atoms with Crippen molar-refractivity contribution in [3.63, 3.8) is 0 Å².